The highest BCUT2D eigenvalue weighted by Crippen LogP contribution is 2.39. The van der Waals surface area contributed by atoms with Crippen molar-refractivity contribution >= 4 is 11.9 Å². The molecule has 0 spiro atoms. The molecule has 1 aromatic heterocycles. The third-order valence-corrected chi connectivity index (χ3v) is 5.65. The summed E-state index contributed by atoms with van der Waals surface area (Å²) in [5, 5.41) is 21.7. The van der Waals surface area contributed by atoms with E-state index in [0.29, 0.717) is 40.3 Å². The standard InChI is InChI=1S/C28H29NO6/c1-16(2)27(32)34-22-11-7-20(8-12-22)18(5)15-24-19(6)25(30)29(26(24)31)21-9-13-23(14-10-21)35-28(33)17(3)4/h7-14,18,30-31H,1,3,15H2,2,4-6H3. The van der Waals surface area contributed by atoms with Gasteiger partial charge in [-0.05, 0) is 75.1 Å². The van der Waals surface area contributed by atoms with Crippen LogP contribution in [0.3, 0.4) is 0 Å². The monoisotopic (exact) mass is 475 g/mol. The van der Waals surface area contributed by atoms with Crippen molar-refractivity contribution in [3.8, 4) is 28.9 Å². The molecule has 3 aromatic rings. The van der Waals surface area contributed by atoms with E-state index in [9.17, 15) is 19.8 Å². The van der Waals surface area contributed by atoms with E-state index < -0.39 is 11.9 Å². The quantitative estimate of drug-likeness (QED) is 0.253. The van der Waals surface area contributed by atoms with Gasteiger partial charge in [0.05, 0.1) is 5.69 Å². The van der Waals surface area contributed by atoms with Crippen LogP contribution in [-0.2, 0) is 16.0 Å². The molecule has 2 aromatic carbocycles. The Bertz CT molecular complexity index is 1280. The number of hydrogen-bond donors (Lipinski definition) is 2. The number of carbonyl (C=O) groups excluding carboxylic acids is 2. The van der Waals surface area contributed by atoms with Crippen LogP contribution in [0.5, 0.6) is 23.3 Å². The third kappa shape index (κ3) is 5.63. The minimum atomic E-state index is -0.529. The second kappa shape index (κ2) is 10.3. The number of rotatable bonds is 8. The number of carbonyl (C=O) groups is 2. The number of esters is 2. The Labute approximate surface area is 204 Å². The van der Waals surface area contributed by atoms with Gasteiger partial charge >= 0.3 is 11.9 Å². The topological polar surface area (TPSA) is 98.0 Å². The molecule has 0 bridgehead atoms. The molecule has 0 aliphatic carbocycles. The van der Waals surface area contributed by atoms with Crippen LogP contribution in [-0.4, -0.2) is 26.7 Å². The van der Waals surface area contributed by atoms with Crippen LogP contribution in [0.25, 0.3) is 5.69 Å². The van der Waals surface area contributed by atoms with Crippen molar-refractivity contribution in [1.29, 1.82) is 0 Å². The van der Waals surface area contributed by atoms with Gasteiger partial charge in [-0.25, -0.2) is 9.59 Å². The zero-order valence-corrected chi connectivity index (χ0v) is 20.3. The number of aromatic nitrogens is 1. The minimum absolute atomic E-state index is 0.00433. The van der Waals surface area contributed by atoms with E-state index in [1.807, 2.05) is 19.1 Å². The Morgan fingerprint density at radius 3 is 1.77 bits per heavy atom. The number of benzene rings is 2. The van der Waals surface area contributed by atoms with Crippen LogP contribution in [0, 0.1) is 6.92 Å². The number of ether oxygens (including phenoxy) is 2. The number of aromatic hydroxyl groups is 2. The van der Waals surface area contributed by atoms with E-state index in [2.05, 4.69) is 13.2 Å². The maximum Gasteiger partial charge on any atom is 0.338 e. The molecule has 2 N–H and O–H groups in total. The van der Waals surface area contributed by atoms with Crippen LogP contribution in [0.4, 0.5) is 0 Å². The summed E-state index contributed by atoms with van der Waals surface area (Å²) in [6.07, 6.45) is 0.470. The van der Waals surface area contributed by atoms with Gasteiger partial charge in [-0.3, -0.25) is 4.57 Å². The van der Waals surface area contributed by atoms with Gasteiger partial charge in [-0.1, -0.05) is 32.2 Å². The highest BCUT2D eigenvalue weighted by molar-refractivity contribution is 5.89. The zero-order valence-electron chi connectivity index (χ0n) is 20.3. The molecule has 0 aliphatic heterocycles. The fourth-order valence-electron chi connectivity index (χ4n) is 3.53. The second-order valence-corrected chi connectivity index (χ2v) is 8.59. The highest BCUT2D eigenvalue weighted by Gasteiger charge is 2.23. The molecule has 1 unspecified atom stereocenters. The summed E-state index contributed by atoms with van der Waals surface area (Å²) in [4.78, 5) is 23.4. The zero-order chi connectivity index (χ0) is 25.9. The third-order valence-electron chi connectivity index (χ3n) is 5.65. The molecule has 182 valence electrons. The lowest BCUT2D eigenvalue weighted by atomic mass is 9.93. The van der Waals surface area contributed by atoms with Crippen LogP contribution in [0.2, 0.25) is 0 Å². The van der Waals surface area contributed by atoms with Crippen LogP contribution < -0.4 is 9.47 Å². The predicted molar refractivity (Wildman–Crippen MR) is 133 cm³/mol. The van der Waals surface area contributed by atoms with Gasteiger partial charge in [0.2, 0.25) is 11.8 Å². The summed E-state index contributed by atoms with van der Waals surface area (Å²) in [5.74, 6) is -0.387. The Hall–Kier alpha value is -4.26. The first-order valence-electron chi connectivity index (χ1n) is 11.1. The lowest BCUT2D eigenvalue weighted by Crippen LogP contribution is -2.08. The molecule has 0 saturated carbocycles. The van der Waals surface area contributed by atoms with Gasteiger partial charge in [0.15, 0.2) is 0 Å². The fraction of sp³-hybridized carbons (Fsp3) is 0.214. The lowest BCUT2D eigenvalue weighted by Gasteiger charge is -2.13. The molecule has 1 atom stereocenters. The van der Waals surface area contributed by atoms with Gasteiger partial charge in [0.1, 0.15) is 11.5 Å². The largest absolute Gasteiger partial charge is 0.494 e. The molecular weight excluding hydrogens is 446 g/mol. The SMILES string of the molecule is C=C(C)C(=O)Oc1ccc(C(C)Cc2c(C)c(O)n(-c3ccc(OC(=O)C(=C)C)cc3)c2O)cc1. The van der Waals surface area contributed by atoms with Crippen molar-refractivity contribution in [3.63, 3.8) is 0 Å². The Balaban J connectivity index is 1.80. The predicted octanol–water partition coefficient (Wildman–Crippen LogP) is 5.51. The van der Waals surface area contributed by atoms with E-state index in [1.54, 1.807) is 57.2 Å². The molecule has 0 radical (unpaired) electrons. The summed E-state index contributed by atoms with van der Waals surface area (Å²) in [7, 11) is 0. The van der Waals surface area contributed by atoms with Crippen LogP contribution >= 0.6 is 0 Å². The van der Waals surface area contributed by atoms with Crippen molar-refractivity contribution in [2.75, 3.05) is 0 Å². The van der Waals surface area contributed by atoms with Gasteiger partial charge in [0, 0.05) is 22.3 Å². The first-order valence-corrected chi connectivity index (χ1v) is 11.1. The average molecular weight is 476 g/mol. The first-order chi connectivity index (χ1) is 16.5. The van der Waals surface area contributed by atoms with Crippen molar-refractivity contribution in [2.24, 2.45) is 0 Å². The Kier molecular flexibility index (Phi) is 7.49. The summed E-state index contributed by atoms with van der Waals surface area (Å²) >= 11 is 0. The Morgan fingerprint density at radius 2 is 1.31 bits per heavy atom. The Morgan fingerprint density at radius 1 is 0.857 bits per heavy atom. The fourth-order valence-corrected chi connectivity index (χ4v) is 3.53. The van der Waals surface area contributed by atoms with E-state index in [0.717, 1.165) is 5.56 Å². The lowest BCUT2D eigenvalue weighted by molar-refractivity contribution is -0.130. The van der Waals surface area contributed by atoms with E-state index in [4.69, 9.17) is 9.47 Å². The maximum absolute atomic E-state index is 11.7. The minimum Gasteiger partial charge on any atom is -0.494 e. The summed E-state index contributed by atoms with van der Waals surface area (Å²) in [5.41, 5.74) is 3.28. The summed E-state index contributed by atoms with van der Waals surface area (Å²) in [6, 6.07) is 13.6. The molecular formula is C28H29NO6. The van der Waals surface area contributed by atoms with Gasteiger partial charge < -0.3 is 19.7 Å². The first kappa shape index (κ1) is 25.4. The molecule has 0 aliphatic rings. The summed E-state index contributed by atoms with van der Waals surface area (Å²) in [6.45, 7) is 14.0. The molecule has 0 fully saturated rings. The average Bonchev–Trinajstić information content (AvgIpc) is 3.03. The van der Waals surface area contributed by atoms with E-state index >= 15 is 0 Å². The van der Waals surface area contributed by atoms with Gasteiger partial charge in [-0.15, -0.1) is 0 Å². The molecule has 35 heavy (non-hydrogen) atoms. The number of nitrogens with zero attached hydrogens (tertiary/aromatic N) is 1. The van der Waals surface area contributed by atoms with E-state index in [-0.39, 0.29) is 23.3 Å². The van der Waals surface area contributed by atoms with E-state index in [1.165, 1.54) is 4.57 Å². The molecule has 0 saturated heterocycles. The molecule has 7 heteroatoms. The van der Waals surface area contributed by atoms with Gasteiger partial charge in [-0.2, -0.15) is 0 Å². The molecule has 3 rings (SSSR count). The normalized spacial score (nSPS) is 11.5. The van der Waals surface area contributed by atoms with Gasteiger partial charge in [0.25, 0.3) is 0 Å². The maximum atomic E-state index is 11.7. The molecule has 1 heterocycles. The van der Waals surface area contributed by atoms with Crippen molar-refractivity contribution in [3.05, 3.63) is 89.5 Å². The van der Waals surface area contributed by atoms with Crippen molar-refractivity contribution in [2.45, 2.75) is 40.0 Å². The van der Waals surface area contributed by atoms with Crippen LogP contribution in [0.15, 0.2) is 72.8 Å². The molecule has 7 nitrogen and oxygen atoms in total. The highest BCUT2D eigenvalue weighted by atomic mass is 16.5. The van der Waals surface area contributed by atoms with Crippen molar-refractivity contribution < 1.29 is 29.3 Å². The number of hydrogen-bond acceptors (Lipinski definition) is 6. The molecule has 0 amide bonds. The second-order valence-electron chi connectivity index (χ2n) is 8.59. The van der Waals surface area contributed by atoms with Crippen LogP contribution in [0.1, 0.15) is 43.4 Å². The van der Waals surface area contributed by atoms with Crippen molar-refractivity contribution in [1.82, 2.24) is 4.57 Å². The summed E-state index contributed by atoms with van der Waals surface area (Å²) < 4.78 is 11.8. The smallest absolute Gasteiger partial charge is 0.338 e.